The highest BCUT2D eigenvalue weighted by atomic mass is 16.7. The summed E-state index contributed by atoms with van der Waals surface area (Å²) in [5.74, 6) is -0.806. The number of rotatable bonds is 22. The summed E-state index contributed by atoms with van der Waals surface area (Å²) in [6.45, 7) is 3.82. The molecule has 0 aromatic carbocycles. The third-order valence-corrected chi connectivity index (χ3v) is 8.01. The molecule has 0 spiro atoms. The van der Waals surface area contributed by atoms with Crippen molar-refractivity contribution in [3.05, 3.63) is 0 Å². The lowest BCUT2D eigenvalue weighted by Gasteiger charge is -2.45. The minimum Gasteiger partial charge on any atom is -0.479 e. The van der Waals surface area contributed by atoms with E-state index in [1.54, 1.807) is 0 Å². The fourth-order valence-corrected chi connectivity index (χ4v) is 5.30. The molecule has 0 saturated carbocycles. The molecule has 2 aliphatic heterocycles. The van der Waals surface area contributed by atoms with Crippen molar-refractivity contribution in [3.63, 3.8) is 0 Å². The number of aliphatic carboxylic acids is 1. The van der Waals surface area contributed by atoms with Crippen molar-refractivity contribution >= 4 is 5.97 Å². The SMILES string of the molecule is CC(C)CCCCCCCCCCCCOC[C@@H](O)CO[C@H]1O[C@H](C(=O)O)[C@@H](O[C@H]2O[C@H](CO)[C@@H](O)[C@H](O)[C@H]2O)[C@H](O)[C@H]1O. The van der Waals surface area contributed by atoms with E-state index < -0.39 is 80.1 Å². The Morgan fingerprint density at radius 1 is 0.727 bits per heavy atom. The van der Waals surface area contributed by atoms with Gasteiger partial charge in [-0.1, -0.05) is 78.1 Å². The van der Waals surface area contributed by atoms with Crippen molar-refractivity contribution in [2.45, 2.75) is 152 Å². The molecule has 11 atom stereocenters. The first-order valence-corrected chi connectivity index (χ1v) is 16.1. The van der Waals surface area contributed by atoms with Crippen molar-refractivity contribution in [2.24, 2.45) is 5.92 Å². The zero-order valence-electron chi connectivity index (χ0n) is 26.1. The summed E-state index contributed by atoms with van der Waals surface area (Å²) in [5.41, 5.74) is 0. The summed E-state index contributed by atoms with van der Waals surface area (Å²) in [4.78, 5) is 11.9. The van der Waals surface area contributed by atoms with Crippen LogP contribution >= 0.6 is 0 Å². The van der Waals surface area contributed by atoms with E-state index in [2.05, 4.69) is 13.8 Å². The zero-order chi connectivity index (χ0) is 32.6. The van der Waals surface area contributed by atoms with Crippen LogP contribution in [0.15, 0.2) is 0 Å². The fraction of sp³-hybridized carbons (Fsp3) is 0.967. The quantitative estimate of drug-likeness (QED) is 0.0732. The molecule has 260 valence electrons. The molecule has 2 aliphatic rings. The number of carboxylic acids is 1. The highest BCUT2D eigenvalue weighted by molar-refractivity contribution is 5.73. The minimum atomic E-state index is -1.91. The van der Waals surface area contributed by atoms with Crippen molar-refractivity contribution in [2.75, 3.05) is 26.4 Å². The predicted molar refractivity (Wildman–Crippen MR) is 155 cm³/mol. The summed E-state index contributed by atoms with van der Waals surface area (Å²) in [6.07, 6.45) is -5.29. The Balaban J connectivity index is 1.64. The van der Waals surface area contributed by atoms with E-state index in [9.17, 15) is 45.6 Å². The third kappa shape index (κ3) is 13.0. The van der Waals surface area contributed by atoms with E-state index in [1.807, 2.05) is 0 Å². The molecule has 14 nitrogen and oxygen atoms in total. The van der Waals surface area contributed by atoms with Gasteiger partial charge in [-0.3, -0.25) is 0 Å². The van der Waals surface area contributed by atoms with E-state index in [-0.39, 0.29) is 13.2 Å². The first kappa shape index (κ1) is 39.2. The number of ether oxygens (including phenoxy) is 5. The van der Waals surface area contributed by atoms with Gasteiger partial charge >= 0.3 is 5.97 Å². The van der Waals surface area contributed by atoms with Gasteiger partial charge in [0.25, 0.3) is 0 Å². The van der Waals surface area contributed by atoms with Crippen molar-refractivity contribution in [1.29, 1.82) is 0 Å². The first-order valence-electron chi connectivity index (χ1n) is 16.1. The lowest BCUT2D eigenvalue weighted by Crippen LogP contribution is -2.65. The third-order valence-electron chi connectivity index (χ3n) is 8.01. The molecule has 0 radical (unpaired) electrons. The minimum absolute atomic E-state index is 0.0482. The molecule has 0 unspecified atom stereocenters. The molecule has 14 heteroatoms. The van der Waals surface area contributed by atoms with Gasteiger partial charge in [-0.2, -0.15) is 0 Å². The molecule has 2 rings (SSSR count). The summed E-state index contributed by atoms with van der Waals surface area (Å²) < 4.78 is 26.7. The highest BCUT2D eigenvalue weighted by Crippen LogP contribution is 2.30. The van der Waals surface area contributed by atoms with Gasteiger partial charge in [0, 0.05) is 6.61 Å². The summed E-state index contributed by atoms with van der Waals surface area (Å²) in [7, 11) is 0. The Bertz CT molecular complexity index is 770. The second-order valence-electron chi connectivity index (χ2n) is 12.3. The molecule has 2 saturated heterocycles. The van der Waals surface area contributed by atoms with E-state index in [4.69, 9.17) is 23.7 Å². The van der Waals surface area contributed by atoms with Crippen LogP contribution in [0.3, 0.4) is 0 Å². The van der Waals surface area contributed by atoms with Crippen molar-refractivity contribution in [1.82, 2.24) is 0 Å². The molecule has 0 aliphatic carbocycles. The Labute approximate surface area is 259 Å². The predicted octanol–water partition coefficient (Wildman–Crippen LogP) is 0.0440. The van der Waals surface area contributed by atoms with Gasteiger partial charge in [-0.05, 0) is 12.3 Å². The number of hydrogen-bond acceptors (Lipinski definition) is 13. The smallest absolute Gasteiger partial charge is 0.335 e. The van der Waals surface area contributed by atoms with E-state index in [0.717, 1.165) is 25.2 Å². The van der Waals surface area contributed by atoms with Crippen molar-refractivity contribution < 1.29 is 69.3 Å². The summed E-state index contributed by atoms with van der Waals surface area (Å²) >= 11 is 0. The van der Waals surface area contributed by atoms with Crippen LogP contribution in [0.4, 0.5) is 0 Å². The number of hydrogen-bond donors (Lipinski definition) is 8. The Hall–Kier alpha value is -1.01. The van der Waals surface area contributed by atoms with Crippen LogP contribution in [-0.2, 0) is 28.5 Å². The molecular weight excluding hydrogens is 584 g/mol. The largest absolute Gasteiger partial charge is 0.479 e. The Morgan fingerprint density at radius 2 is 1.30 bits per heavy atom. The molecule has 0 bridgehead atoms. The first-order chi connectivity index (χ1) is 21.0. The number of carboxylic acid groups (broad SMARTS) is 1. The van der Waals surface area contributed by atoms with Gasteiger partial charge in [0.05, 0.1) is 19.8 Å². The average molecular weight is 641 g/mol. The molecule has 2 fully saturated rings. The number of aliphatic hydroxyl groups is 7. The lowest BCUT2D eigenvalue weighted by atomic mass is 9.97. The highest BCUT2D eigenvalue weighted by Gasteiger charge is 2.53. The van der Waals surface area contributed by atoms with Gasteiger partial charge in [0.2, 0.25) is 0 Å². The fourth-order valence-electron chi connectivity index (χ4n) is 5.30. The maximum atomic E-state index is 11.9. The van der Waals surface area contributed by atoms with Gasteiger partial charge in [0.1, 0.15) is 48.8 Å². The second kappa shape index (κ2) is 21.0. The lowest BCUT2D eigenvalue weighted by molar-refractivity contribution is -0.355. The van der Waals surface area contributed by atoms with E-state index in [1.165, 1.54) is 51.4 Å². The van der Waals surface area contributed by atoms with Crippen LogP contribution in [0.1, 0.15) is 84.5 Å². The van der Waals surface area contributed by atoms with Crippen LogP contribution in [-0.4, -0.2) is 141 Å². The standard InChI is InChI=1S/C30H56O14/c1-18(2)13-11-9-7-5-3-4-6-8-10-12-14-40-16-19(32)17-41-29-25(37)23(35)26(27(44-29)28(38)39)43-30-24(36)22(34)21(33)20(15-31)42-30/h18-27,29-37H,3-17H2,1-2H3,(H,38,39)/t19-,20-,21-,22+,23-,24-,25-,26+,27+,29+,30-/m1/s1. The number of aliphatic hydroxyl groups excluding tert-OH is 7. The van der Waals surface area contributed by atoms with Gasteiger partial charge < -0.3 is 64.5 Å². The molecular formula is C30H56O14. The van der Waals surface area contributed by atoms with Crippen molar-refractivity contribution in [3.8, 4) is 0 Å². The average Bonchev–Trinajstić information content (AvgIpc) is 2.98. The monoisotopic (exact) mass is 640 g/mol. The maximum Gasteiger partial charge on any atom is 0.335 e. The summed E-state index contributed by atoms with van der Waals surface area (Å²) in [5, 5.41) is 80.4. The van der Waals surface area contributed by atoms with E-state index in [0.29, 0.717) is 6.61 Å². The van der Waals surface area contributed by atoms with Crippen LogP contribution in [0.5, 0.6) is 0 Å². The van der Waals surface area contributed by atoms with E-state index >= 15 is 0 Å². The molecule has 8 N–H and O–H groups in total. The normalized spacial score (nSPS) is 33.5. The Kier molecular flexibility index (Phi) is 18.7. The maximum absolute atomic E-state index is 11.9. The zero-order valence-corrected chi connectivity index (χ0v) is 26.1. The Morgan fingerprint density at radius 3 is 1.86 bits per heavy atom. The van der Waals surface area contributed by atoms with Crippen LogP contribution in [0, 0.1) is 5.92 Å². The molecule has 0 aromatic rings. The molecule has 44 heavy (non-hydrogen) atoms. The van der Waals surface area contributed by atoms with Crippen LogP contribution < -0.4 is 0 Å². The van der Waals surface area contributed by atoms with Gasteiger partial charge in [-0.15, -0.1) is 0 Å². The molecule has 2 heterocycles. The van der Waals surface area contributed by atoms with Crippen LogP contribution in [0.2, 0.25) is 0 Å². The molecule has 0 aromatic heterocycles. The van der Waals surface area contributed by atoms with Gasteiger partial charge in [-0.25, -0.2) is 4.79 Å². The molecule has 0 amide bonds. The topological polar surface area (TPSA) is 225 Å². The summed E-state index contributed by atoms with van der Waals surface area (Å²) in [6, 6.07) is 0. The second-order valence-corrected chi connectivity index (χ2v) is 12.3. The number of unbranched alkanes of at least 4 members (excludes halogenated alkanes) is 9. The van der Waals surface area contributed by atoms with Gasteiger partial charge in [0.15, 0.2) is 18.7 Å². The van der Waals surface area contributed by atoms with Crippen LogP contribution in [0.25, 0.3) is 0 Å². The number of carbonyl (C=O) groups is 1.